The lowest BCUT2D eigenvalue weighted by Gasteiger charge is -2.42. The fourth-order valence-corrected chi connectivity index (χ4v) is 3.82. The molecule has 0 aliphatic carbocycles. The first-order chi connectivity index (χ1) is 11.8. The molecule has 0 N–H and O–H groups in total. The maximum atomic E-state index is 12.7. The van der Waals surface area contributed by atoms with Crippen LogP contribution < -0.4 is 4.74 Å². The predicted molar refractivity (Wildman–Crippen MR) is 96.1 cm³/mol. The molecule has 1 spiro atoms. The Labute approximate surface area is 154 Å². The molecule has 0 unspecified atom stereocenters. The van der Waals surface area contributed by atoms with Gasteiger partial charge in [-0.05, 0) is 44.9 Å². The summed E-state index contributed by atoms with van der Waals surface area (Å²) in [6.07, 6.45) is 2.62. The Morgan fingerprint density at radius 1 is 1.44 bits per heavy atom. The highest BCUT2D eigenvalue weighted by Crippen LogP contribution is 2.37. The third-order valence-corrected chi connectivity index (χ3v) is 5.36. The molecule has 3 rings (SSSR count). The normalized spacial score (nSPS) is 26.9. The van der Waals surface area contributed by atoms with E-state index in [1.807, 2.05) is 29.2 Å². The van der Waals surface area contributed by atoms with Crippen molar-refractivity contribution in [2.45, 2.75) is 50.4 Å². The Kier molecular flexibility index (Phi) is 5.28. The number of hydrogen-bond acceptors (Lipinski definition) is 4. The summed E-state index contributed by atoms with van der Waals surface area (Å²) in [5.74, 6) is 0.763. The van der Waals surface area contributed by atoms with Gasteiger partial charge in [0.15, 0.2) is 0 Å². The Hall–Kier alpha value is -1.30. The van der Waals surface area contributed by atoms with E-state index in [1.54, 1.807) is 21.0 Å². The molecule has 6 heteroatoms. The molecule has 0 saturated carbocycles. The lowest BCUT2D eigenvalue weighted by atomic mass is 9.88. The number of rotatable bonds is 4. The molecule has 2 atom stereocenters. The second-order valence-electron chi connectivity index (χ2n) is 7.44. The molecule has 2 heterocycles. The fourth-order valence-electron chi connectivity index (χ4n) is 3.63. The molecule has 0 radical (unpaired) electrons. The van der Waals surface area contributed by atoms with Gasteiger partial charge in [0.25, 0.3) is 5.91 Å². The summed E-state index contributed by atoms with van der Waals surface area (Å²) in [5.41, 5.74) is -1.13. The molecule has 2 fully saturated rings. The quantitative estimate of drug-likeness (QED) is 0.819. The second-order valence-corrected chi connectivity index (χ2v) is 7.88. The van der Waals surface area contributed by atoms with E-state index in [0.29, 0.717) is 18.2 Å². The van der Waals surface area contributed by atoms with Gasteiger partial charge in [-0.25, -0.2) is 0 Å². The van der Waals surface area contributed by atoms with E-state index >= 15 is 0 Å². The van der Waals surface area contributed by atoms with E-state index in [-0.39, 0.29) is 17.6 Å². The molecule has 1 aromatic carbocycles. The highest BCUT2D eigenvalue weighted by molar-refractivity contribution is 6.30. The zero-order valence-electron chi connectivity index (χ0n) is 15.1. The van der Waals surface area contributed by atoms with Crippen LogP contribution in [0.4, 0.5) is 0 Å². The number of benzene rings is 1. The number of likely N-dealkylation sites (tertiary alicyclic amines) is 1. The summed E-state index contributed by atoms with van der Waals surface area (Å²) in [6, 6.07) is 7.40. The summed E-state index contributed by atoms with van der Waals surface area (Å²) in [7, 11) is 1.57. The number of nitrogens with zero attached hydrogens (tertiary/aromatic N) is 1. The van der Waals surface area contributed by atoms with E-state index in [9.17, 15) is 4.79 Å². The van der Waals surface area contributed by atoms with Gasteiger partial charge in [-0.1, -0.05) is 17.7 Å². The van der Waals surface area contributed by atoms with E-state index in [0.717, 1.165) is 31.6 Å². The summed E-state index contributed by atoms with van der Waals surface area (Å²) >= 11 is 6.02. The van der Waals surface area contributed by atoms with Gasteiger partial charge in [-0.2, -0.15) is 0 Å². The summed E-state index contributed by atoms with van der Waals surface area (Å²) < 4.78 is 17.5. The lowest BCUT2D eigenvalue weighted by Crippen LogP contribution is -2.55. The van der Waals surface area contributed by atoms with Gasteiger partial charge in [-0.3, -0.25) is 4.79 Å². The van der Waals surface area contributed by atoms with Crippen LogP contribution in [0.25, 0.3) is 0 Å². The minimum Gasteiger partial charge on any atom is -0.488 e. The van der Waals surface area contributed by atoms with E-state index in [2.05, 4.69) is 0 Å². The molecular formula is C19H26ClNO4. The molecule has 0 aromatic heterocycles. The van der Waals surface area contributed by atoms with Crippen molar-refractivity contribution in [2.75, 3.05) is 26.8 Å². The second kappa shape index (κ2) is 7.14. The van der Waals surface area contributed by atoms with Gasteiger partial charge >= 0.3 is 0 Å². The maximum Gasteiger partial charge on any atom is 0.254 e. The van der Waals surface area contributed by atoms with Crippen molar-refractivity contribution >= 4 is 17.5 Å². The minimum absolute atomic E-state index is 0.0110. The highest BCUT2D eigenvalue weighted by atomic mass is 35.5. The van der Waals surface area contributed by atoms with E-state index < -0.39 is 5.60 Å². The van der Waals surface area contributed by atoms with Crippen LogP contribution >= 0.6 is 11.6 Å². The molecule has 0 bridgehead atoms. The van der Waals surface area contributed by atoms with E-state index in [1.165, 1.54) is 0 Å². The van der Waals surface area contributed by atoms with Crippen LogP contribution in [-0.4, -0.2) is 54.9 Å². The largest absolute Gasteiger partial charge is 0.488 e. The van der Waals surface area contributed by atoms with Crippen LogP contribution in [0.15, 0.2) is 24.3 Å². The van der Waals surface area contributed by atoms with Gasteiger partial charge in [0.2, 0.25) is 0 Å². The van der Waals surface area contributed by atoms with Crippen molar-refractivity contribution < 1.29 is 19.0 Å². The van der Waals surface area contributed by atoms with Crippen molar-refractivity contribution in [3.63, 3.8) is 0 Å². The van der Waals surface area contributed by atoms with Gasteiger partial charge in [-0.15, -0.1) is 0 Å². The number of amides is 1. The molecule has 1 aromatic rings. The molecule has 2 saturated heterocycles. The molecule has 1 amide bonds. The van der Waals surface area contributed by atoms with E-state index in [4.69, 9.17) is 25.8 Å². The number of hydrogen-bond donors (Lipinski definition) is 0. The minimum atomic E-state index is -0.812. The Morgan fingerprint density at radius 2 is 2.24 bits per heavy atom. The van der Waals surface area contributed by atoms with Crippen molar-refractivity contribution in [1.82, 2.24) is 4.90 Å². The van der Waals surface area contributed by atoms with Crippen LogP contribution in [0, 0.1) is 0 Å². The average Bonchev–Trinajstić information content (AvgIpc) is 2.96. The molecule has 138 valence electrons. The first kappa shape index (κ1) is 18.5. The fraction of sp³-hybridized carbons (Fsp3) is 0.632. The summed E-state index contributed by atoms with van der Waals surface area (Å²) in [6.45, 7) is 5.47. The number of methoxy groups -OCH3 is 1. The molecule has 25 heavy (non-hydrogen) atoms. The number of ether oxygens (including phenoxy) is 3. The Balaban J connectivity index is 1.64. The molecule has 5 nitrogen and oxygen atoms in total. The third-order valence-electron chi connectivity index (χ3n) is 5.13. The smallest absolute Gasteiger partial charge is 0.254 e. The number of piperidine rings is 1. The van der Waals surface area contributed by atoms with Crippen molar-refractivity contribution in [1.29, 1.82) is 0 Å². The van der Waals surface area contributed by atoms with Crippen molar-refractivity contribution in [2.24, 2.45) is 0 Å². The number of halogens is 1. The predicted octanol–water partition coefficient (Wildman–Crippen LogP) is 3.29. The van der Waals surface area contributed by atoms with Crippen molar-refractivity contribution in [3.05, 3.63) is 29.3 Å². The summed E-state index contributed by atoms with van der Waals surface area (Å²) in [4.78, 5) is 14.6. The van der Waals surface area contributed by atoms with Crippen LogP contribution in [0.5, 0.6) is 5.75 Å². The van der Waals surface area contributed by atoms with Gasteiger partial charge < -0.3 is 19.1 Å². The van der Waals surface area contributed by atoms with Gasteiger partial charge in [0, 0.05) is 31.6 Å². The zero-order chi connectivity index (χ0) is 18.1. The summed E-state index contributed by atoms with van der Waals surface area (Å²) in [5, 5.41) is 0.655. The standard InChI is InChI=1S/C19H26ClNO4/c1-18(2,23-3)17(22)21-9-5-8-19(13-21)11-16(12-24-19)25-15-7-4-6-14(20)10-15/h4,6-7,10,16H,5,8-9,11-13H2,1-3H3/t16-,19-/m1/s1. The Morgan fingerprint density at radius 3 is 2.96 bits per heavy atom. The third kappa shape index (κ3) is 4.10. The van der Waals surface area contributed by atoms with Crippen LogP contribution in [-0.2, 0) is 14.3 Å². The monoisotopic (exact) mass is 367 g/mol. The molecule has 2 aliphatic heterocycles. The van der Waals surface area contributed by atoms with Crippen LogP contribution in [0.3, 0.4) is 0 Å². The van der Waals surface area contributed by atoms with Crippen molar-refractivity contribution in [3.8, 4) is 5.75 Å². The highest BCUT2D eigenvalue weighted by Gasteiger charge is 2.47. The SMILES string of the molecule is COC(C)(C)C(=O)N1CCC[C@@]2(C[C@@H](Oc3cccc(Cl)c3)CO2)C1. The zero-order valence-corrected chi connectivity index (χ0v) is 15.8. The first-order valence-electron chi connectivity index (χ1n) is 8.74. The number of carbonyl (C=O) groups excluding carboxylic acids is 1. The topological polar surface area (TPSA) is 48.0 Å². The average molecular weight is 368 g/mol. The first-order valence-corrected chi connectivity index (χ1v) is 9.12. The van der Waals surface area contributed by atoms with Crippen LogP contribution in [0.2, 0.25) is 5.02 Å². The Bertz CT molecular complexity index is 636. The van der Waals surface area contributed by atoms with Gasteiger partial charge in [0.05, 0.1) is 12.2 Å². The number of carbonyl (C=O) groups is 1. The van der Waals surface area contributed by atoms with Crippen LogP contribution in [0.1, 0.15) is 33.1 Å². The van der Waals surface area contributed by atoms with Gasteiger partial charge in [0.1, 0.15) is 17.5 Å². The molecular weight excluding hydrogens is 342 g/mol. The lowest BCUT2D eigenvalue weighted by molar-refractivity contribution is -0.158. The maximum absolute atomic E-state index is 12.7. The molecule has 2 aliphatic rings.